The minimum Gasteiger partial charge on any atom is -0.493 e. The van der Waals surface area contributed by atoms with E-state index in [2.05, 4.69) is 0 Å². The molecule has 0 fully saturated rings. The monoisotopic (exact) mass is 464 g/mol. The zero-order valence-electron chi connectivity index (χ0n) is 19.0. The summed E-state index contributed by atoms with van der Waals surface area (Å²) in [5.74, 6) is 0.432. The van der Waals surface area contributed by atoms with E-state index in [4.69, 9.17) is 14.6 Å². The quantitative estimate of drug-likeness (QED) is 0.279. The van der Waals surface area contributed by atoms with Gasteiger partial charge in [-0.05, 0) is 56.7 Å². The maximum absolute atomic E-state index is 13.0. The van der Waals surface area contributed by atoms with Gasteiger partial charge in [-0.3, -0.25) is 9.59 Å². The van der Waals surface area contributed by atoms with Crippen molar-refractivity contribution in [2.24, 2.45) is 0 Å². The number of carbonyl (C=O) groups excluding carboxylic acids is 1. The van der Waals surface area contributed by atoms with Gasteiger partial charge in [-0.15, -0.1) is 11.8 Å². The van der Waals surface area contributed by atoms with E-state index >= 15 is 0 Å². The topological polar surface area (TPSA) is 72.8 Å². The Bertz CT molecular complexity index is 1110. The second-order valence-corrected chi connectivity index (χ2v) is 8.89. The van der Waals surface area contributed by atoms with Crippen LogP contribution in [0, 0.1) is 13.8 Å². The highest BCUT2D eigenvalue weighted by Gasteiger charge is 2.17. The van der Waals surface area contributed by atoms with Crippen LogP contribution in [-0.2, 0) is 4.79 Å². The van der Waals surface area contributed by atoms with E-state index in [9.17, 15) is 9.59 Å². The summed E-state index contributed by atoms with van der Waals surface area (Å²) < 4.78 is 12.0. The number of thioether (sulfide) groups is 1. The molecule has 1 atom stereocenters. The molecule has 33 heavy (non-hydrogen) atoms. The van der Waals surface area contributed by atoms with Crippen LogP contribution in [-0.4, -0.2) is 35.3 Å². The summed E-state index contributed by atoms with van der Waals surface area (Å²) in [6.07, 6.45) is 0.489. The lowest BCUT2D eigenvalue weighted by Crippen LogP contribution is -2.17. The third-order valence-corrected chi connectivity index (χ3v) is 6.19. The largest absolute Gasteiger partial charge is 0.493 e. The van der Waals surface area contributed by atoms with Gasteiger partial charge < -0.3 is 14.6 Å². The Morgan fingerprint density at radius 2 is 1.76 bits per heavy atom. The molecule has 0 saturated heterocycles. The highest BCUT2D eigenvalue weighted by Crippen LogP contribution is 2.27. The number of ketones is 1. The Morgan fingerprint density at radius 1 is 1.00 bits per heavy atom. The van der Waals surface area contributed by atoms with Crippen molar-refractivity contribution in [3.8, 4) is 11.5 Å². The highest BCUT2D eigenvalue weighted by atomic mass is 32.2. The Labute approximate surface area is 198 Å². The first-order chi connectivity index (χ1) is 15.8. The fourth-order valence-corrected chi connectivity index (χ4v) is 4.03. The Morgan fingerprint density at radius 3 is 2.45 bits per heavy atom. The maximum Gasteiger partial charge on any atom is 0.313 e. The molecule has 0 amide bonds. The van der Waals surface area contributed by atoms with Crippen molar-refractivity contribution in [2.45, 2.75) is 38.2 Å². The van der Waals surface area contributed by atoms with Crippen molar-refractivity contribution in [2.75, 3.05) is 12.4 Å². The second kappa shape index (κ2) is 11.6. The molecule has 3 aromatic carbocycles. The molecule has 6 heteroatoms. The molecular weight excluding hydrogens is 436 g/mol. The van der Waals surface area contributed by atoms with Crippen molar-refractivity contribution < 1.29 is 24.2 Å². The molecule has 0 bridgehead atoms. The van der Waals surface area contributed by atoms with Crippen LogP contribution in [0.2, 0.25) is 0 Å². The average Bonchev–Trinajstić information content (AvgIpc) is 2.79. The molecule has 0 aromatic heterocycles. The number of rotatable bonds is 11. The van der Waals surface area contributed by atoms with Crippen molar-refractivity contribution in [3.05, 3.63) is 89.0 Å². The van der Waals surface area contributed by atoms with Crippen LogP contribution in [0.5, 0.6) is 11.5 Å². The first-order valence-corrected chi connectivity index (χ1v) is 11.8. The predicted molar refractivity (Wildman–Crippen MR) is 131 cm³/mol. The van der Waals surface area contributed by atoms with Gasteiger partial charge in [0.15, 0.2) is 5.78 Å². The van der Waals surface area contributed by atoms with Crippen molar-refractivity contribution >= 4 is 23.5 Å². The molecule has 0 radical (unpaired) electrons. The molecule has 3 aromatic rings. The van der Waals surface area contributed by atoms with Crippen LogP contribution in [0.1, 0.15) is 40.4 Å². The van der Waals surface area contributed by atoms with Crippen LogP contribution >= 0.6 is 11.8 Å². The fourth-order valence-electron chi connectivity index (χ4n) is 3.30. The van der Waals surface area contributed by atoms with Crippen LogP contribution in [0.15, 0.2) is 71.6 Å². The summed E-state index contributed by atoms with van der Waals surface area (Å²) in [5.41, 5.74) is 3.16. The number of aryl methyl sites for hydroxylation is 2. The van der Waals surface area contributed by atoms with E-state index in [1.54, 1.807) is 12.1 Å². The van der Waals surface area contributed by atoms with Crippen LogP contribution in [0.4, 0.5) is 0 Å². The molecule has 0 aliphatic heterocycles. The Balaban J connectivity index is 1.58. The maximum atomic E-state index is 13.0. The number of hydrogen-bond donors (Lipinski definition) is 1. The standard InChI is InChI=1S/C27H28O5S/c1-18-9-11-24(23(15-18)27(30)21-7-5-4-6-8-21)32-20(3)13-14-31-22-10-12-25(19(2)16-22)33-17-26(28)29/h4-12,15-16,20H,13-14,17H2,1-3H3,(H,28,29). The number of carboxylic acid groups (broad SMARTS) is 1. The molecule has 0 spiro atoms. The van der Waals surface area contributed by atoms with Gasteiger partial charge in [-0.2, -0.15) is 0 Å². The average molecular weight is 465 g/mol. The smallest absolute Gasteiger partial charge is 0.313 e. The summed E-state index contributed by atoms with van der Waals surface area (Å²) in [6.45, 7) is 6.30. The van der Waals surface area contributed by atoms with Crippen molar-refractivity contribution in [1.29, 1.82) is 0 Å². The number of carbonyl (C=O) groups is 2. The van der Waals surface area contributed by atoms with E-state index in [1.807, 2.05) is 75.4 Å². The molecule has 0 aliphatic carbocycles. The van der Waals surface area contributed by atoms with Gasteiger partial charge in [0.2, 0.25) is 0 Å². The van der Waals surface area contributed by atoms with Gasteiger partial charge in [-0.1, -0.05) is 42.0 Å². The summed E-state index contributed by atoms with van der Waals surface area (Å²) in [4.78, 5) is 24.7. The van der Waals surface area contributed by atoms with Crippen molar-refractivity contribution in [3.63, 3.8) is 0 Å². The molecule has 5 nitrogen and oxygen atoms in total. The predicted octanol–water partition coefficient (Wildman–Crippen LogP) is 5.95. The van der Waals surface area contributed by atoms with Gasteiger partial charge in [0.05, 0.1) is 24.0 Å². The number of ether oxygens (including phenoxy) is 2. The Kier molecular flexibility index (Phi) is 8.55. The second-order valence-electron chi connectivity index (χ2n) is 7.87. The minimum absolute atomic E-state index is 0.0314. The van der Waals surface area contributed by atoms with Gasteiger partial charge in [0.25, 0.3) is 0 Å². The summed E-state index contributed by atoms with van der Waals surface area (Å²) in [5, 5.41) is 8.84. The number of benzene rings is 3. The lowest BCUT2D eigenvalue weighted by molar-refractivity contribution is -0.133. The number of carboxylic acids is 1. The van der Waals surface area contributed by atoms with E-state index < -0.39 is 5.97 Å². The highest BCUT2D eigenvalue weighted by molar-refractivity contribution is 8.00. The molecule has 172 valence electrons. The molecule has 3 rings (SSSR count). The minimum atomic E-state index is -0.837. The summed E-state index contributed by atoms with van der Waals surface area (Å²) in [7, 11) is 0. The first kappa shape index (κ1) is 24.4. The van der Waals surface area contributed by atoms with Gasteiger partial charge in [-0.25, -0.2) is 0 Å². The number of aliphatic carboxylic acids is 1. The lowest BCUT2D eigenvalue weighted by Gasteiger charge is -2.18. The first-order valence-electron chi connectivity index (χ1n) is 10.8. The summed E-state index contributed by atoms with van der Waals surface area (Å²) >= 11 is 1.29. The van der Waals surface area contributed by atoms with Gasteiger partial charge in [0.1, 0.15) is 11.5 Å². The normalized spacial score (nSPS) is 11.6. The molecule has 0 saturated carbocycles. The third-order valence-electron chi connectivity index (χ3n) is 5.03. The number of hydrogen-bond acceptors (Lipinski definition) is 5. The molecule has 0 heterocycles. The van der Waals surface area contributed by atoms with Crippen LogP contribution < -0.4 is 9.47 Å². The van der Waals surface area contributed by atoms with Gasteiger partial charge >= 0.3 is 5.97 Å². The van der Waals surface area contributed by atoms with Crippen molar-refractivity contribution in [1.82, 2.24) is 0 Å². The Hall–Kier alpha value is -3.25. The molecule has 1 N–H and O–H groups in total. The van der Waals surface area contributed by atoms with E-state index in [1.165, 1.54) is 11.8 Å². The lowest BCUT2D eigenvalue weighted by atomic mass is 10.0. The van der Waals surface area contributed by atoms with E-state index in [-0.39, 0.29) is 17.6 Å². The summed E-state index contributed by atoms with van der Waals surface area (Å²) in [6, 6.07) is 20.5. The van der Waals surface area contributed by atoms with E-state index in [0.29, 0.717) is 29.9 Å². The van der Waals surface area contributed by atoms with Crippen LogP contribution in [0.3, 0.4) is 0 Å². The molecule has 0 aliphatic rings. The fraction of sp³-hybridized carbons (Fsp3) is 0.259. The van der Waals surface area contributed by atoms with Gasteiger partial charge in [0, 0.05) is 16.9 Å². The van der Waals surface area contributed by atoms with Crippen LogP contribution in [0.25, 0.3) is 0 Å². The molecular formula is C27H28O5S. The zero-order valence-corrected chi connectivity index (χ0v) is 19.9. The zero-order chi connectivity index (χ0) is 23.8. The molecule has 1 unspecified atom stereocenters. The SMILES string of the molecule is Cc1ccc(OC(C)CCOc2ccc(SCC(=O)O)c(C)c2)c(C(=O)c2ccccc2)c1. The third kappa shape index (κ3) is 7.12. The van der Waals surface area contributed by atoms with E-state index in [0.717, 1.165) is 21.8 Å².